The van der Waals surface area contributed by atoms with E-state index in [4.69, 9.17) is 10.2 Å². The maximum Gasteiger partial charge on any atom is 0.125 e. The maximum atomic E-state index is 8.86. The van der Waals surface area contributed by atoms with Crippen molar-refractivity contribution in [3.63, 3.8) is 0 Å². The minimum atomic E-state index is 0.664. The van der Waals surface area contributed by atoms with Crippen LogP contribution >= 0.6 is 11.3 Å². The molecule has 0 bridgehead atoms. The van der Waals surface area contributed by atoms with Crippen LogP contribution in [0.15, 0.2) is 48.1 Å². The summed E-state index contributed by atoms with van der Waals surface area (Å²) in [5, 5.41) is 11.9. The number of nitrogens with zero attached hydrogens (tertiary/aromatic N) is 3. The molecule has 1 aromatic carbocycles. The molecule has 0 fully saturated rings. The summed E-state index contributed by atoms with van der Waals surface area (Å²) in [6, 6.07) is 11.7. The molecule has 3 rings (SSSR count). The molecular weight excluding hydrogens is 290 g/mol. The number of aromatic nitrogens is 2. The molecule has 4 heteroatoms. The van der Waals surface area contributed by atoms with Gasteiger partial charge in [0.25, 0.3) is 0 Å². The van der Waals surface area contributed by atoms with Gasteiger partial charge in [-0.3, -0.25) is 4.98 Å². The van der Waals surface area contributed by atoms with Gasteiger partial charge in [0.1, 0.15) is 5.01 Å². The summed E-state index contributed by atoms with van der Waals surface area (Å²) in [6.45, 7) is 2.17. The Morgan fingerprint density at radius 1 is 1.18 bits per heavy atom. The highest BCUT2D eigenvalue weighted by Crippen LogP contribution is 2.31. The van der Waals surface area contributed by atoms with E-state index in [0.717, 1.165) is 34.7 Å². The normalized spacial score (nSPS) is 10.4. The van der Waals surface area contributed by atoms with E-state index in [1.807, 2.05) is 36.7 Å². The van der Waals surface area contributed by atoms with Gasteiger partial charge in [-0.1, -0.05) is 25.5 Å². The molecule has 0 aliphatic carbocycles. The predicted molar refractivity (Wildman–Crippen MR) is 89.5 cm³/mol. The van der Waals surface area contributed by atoms with E-state index < -0.39 is 0 Å². The fourth-order valence-corrected chi connectivity index (χ4v) is 3.22. The van der Waals surface area contributed by atoms with Gasteiger partial charge in [-0.2, -0.15) is 5.26 Å². The van der Waals surface area contributed by atoms with Gasteiger partial charge in [-0.25, -0.2) is 4.98 Å². The van der Waals surface area contributed by atoms with E-state index in [9.17, 15) is 0 Å². The molecule has 108 valence electrons. The molecule has 0 aliphatic heterocycles. The van der Waals surface area contributed by atoms with E-state index in [1.165, 1.54) is 5.56 Å². The molecule has 2 aromatic heterocycles. The first kappa shape index (κ1) is 14.4. The summed E-state index contributed by atoms with van der Waals surface area (Å²) < 4.78 is 0. The first-order valence-electron chi connectivity index (χ1n) is 7.21. The van der Waals surface area contributed by atoms with Crippen LogP contribution in [0.25, 0.3) is 21.8 Å². The molecule has 0 saturated carbocycles. The topological polar surface area (TPSA) is 49.6 Å². The van der Waals surface area contributed by atoms with Crippen LogP contribution in [0.1, 0.15) is 24.5 Å². The Labute approximate surface area is 133 Å². The van der Waals surface area contributed by atoms with Crippen molar-refractivity contribution < 1.29 is 0 Å². The van der Waals surface area contributed by atoms with Gasteiger partial charge in [-0.05, 0) is 30.2 Å². The number of nitriles is 1. The van der Waals surface area contributed by atoms with Gasteiger partial charge < -0.3 is 0 Å². The van der Waals surface area contributed by atoms with Crippen LogP contribution in [0.3, 0.4) is 0 Å². The van der Waals surface area contributed by atoms with Crippen LogP contribution in [-0.2, 0) is 6.42 Å². The second-order valence-corrected chi connectivity index (χ2v) is 5.87. The average molecular weight is 305 g/mol. The molecular formula is C18H15N3S. The van der Waals surface area contributed by atoms with E-state index in [2.05, 4.69) is 29.4 Å². The van der Waals surface area contributed by atoms with E-state index >= 15 is 0 Å². The number of aryl methyl sites for hydroxylation is 1. The summed E-state index contributed by atoms with van der Waals surface area (Å²) in [7, 11) is 0. The zero-order valence-corrected chi connectivity index (χ0v) is 13.1. The Balaban J connectivity index is 1.95. The van der Waals surface area contributed by atoms with Crippen molar-refractivity contribution in [1.82, 2.24) is 9.97 Å². The molecule has 0 spiro atoms. The van der Waals surface area contributed by atoms with Crippen LogP contribution in [0, 0.1) is 11.3 Å². The van der Waals surface area contributed by atoms with Gasteiger partial charge in [0.15, 0.2) is 0 Å². The summed E-state index contributed by atoms with van der Waals surface area (Å²) >= 11 is 1.63. The van der Waals surface area contributed by atoms with Crippen molar-refractivity contribution in [2.75, 3.05) is 0 Å². The Bertz CT molecular complexity index is 813. The maximum absolute atomic E-state index is 8.86. The van der Waals surface area contributed by atoms with Crippen molar-refractivity contribution in [2.24, 2.45) is 0 Å². The SMILES string of the molecule is CCCc1ccncc1-c1nc(-c2ccc(C#N)cc2)cs1. The number of pyridine rings is 1. The van der Waals surface area contributed by atoms with Crippen LogP contribution in [0.5, 0.6) is 0 Å². The number of hydrogen-bond acceptors (Lipinski definition) is 4. The molecule has 0 radical (unpaired) electrons. The third-order valence-electron chi connectivity index (χ3n) is 3.48. The highest BCUT2D eigenvalue weighted by Gasteiger charge is 2.10. The lowest BCUT2D eigenvalue weighted by atomic mass is 10.1. The van der Waals surface area contributed by atoms with Crippen molar-refractivity contribution in [3.05, 3.63) is 59.2 Å². The van der Waals surface area contributed by atoms with E-state index in [1.54, 1.807) is 11.3 Å². The number of benzene rings is 1. The van der Waals surface area contributed by atoms with Crippen molar-refractivity contribution in [3.8, 4) is 27.9 Å². The van der Waals surface area contributed by atoms with E-state index in [0.29, 0.717) is 5.56 Å². The number of thiazole rings is 1. The Hall–Kier alpha value is -2.51. The molecule has 0 unspecified atom stereocenters. The van der Waals surface area contributed by atoms with Crippen LogP contribution in [-0.4, -0.2) is 9.97 Å². The Kier molecular flexibility index (Phi) is 4.27. The number of hydrogen-bond donors (Lipinski definition) is 0. The molecule has 0 N–H and O–H groups in total. The van der Waals surface area contributed by atoms with Gasteiger partial charge in [-0.15, -0.1) is 11.3 Å². The summed E-state index contributed by atoms with van der Waals surface area (Å²) in [5.41, 5.74) is 5.04. The zero-order valence-electron chi connectivity index (χ0n) is 12.3. The Morgan fingerprint density at radius 3 is 2.73 bits per heavy atom. The lowest BCUT2D eigenvalue weighted by molar-refractivity contribution is 0.920. The first-order chi connectivity index (χ1) is 10.8. The molecule has 0 aliphatic rings. The molecule has 2 heterocycles. The fraction of sp³-hybridized carbons (Fsp3) is 0.167. The minimum absolute atomic E-state index is 0.664. The van der Waals surface area contributed by atoms with Crippen molar-refractivity contribution in [1.29, 1.82) is 5.26 Å². The van der Waals surface area contributed by atoms with Gasteiger partial charge in [0, 0.05) is 28.9 Å². The second-order valence-electron chi connectivity index (χ2n) is 5.01. The van der Waals surface area contributed by atoms with Crippen molar-refractivity contribution >= 4 is 11.3 Å². The summed E-state index contributed by atoms with van der Waals surface area (Å²) in [4.78, 5) is 8.98. The molecule has 3 aromatic rings. The minimum Gasteiger partial charge on any atom is -0.264 e. The Morgan fingerprint density at radius 2 is 2.00 bits per heavy atom. The molecule has 3 nitrogen and oxygen atoms in total. The summed E-state index contributed by atoms with van der Waals surface area (Å²) in [6.07, 6.45) is 5.87. The quantitative estimate of drug-likeness (QED) is 0.702. The molecule has 22 heavy (non-hydrogen) atoms. The van der Waals surface area contributed by atoms with Crippen LogP contribution in [0.4, 0.5) is 0 Å². The smallest absolute Gasteiger partial charge is 0.125 e. The highest BCUT2D eigenvalue weighted by molar-refractivity contribution is 7.13. The summed E-state index contributed by atoms with van der Waals surface area (Å²) in [5.74, 6) is 0. The van der Waals surface area contributed by atoms with Crippen LogP contribution in [0.2, 0.25) is 0 Å². The molecule has 0 amide bonds. The van der Waals surface area contributed by atoms with Gasteiger partial charge in [0.2, 0.25) is 0 Å². The highest BCUT2D eigenvalue weighted by atomic mass is 32.1. The van der Waals surface area contributed by atoms with Crippen LogP contribution < -0.4 is 0 Å². The lowest BCUT2D eigenvalue weighted by Crippen LogP contribution is -1.90. The third-order valence-corrected chi connectivity index (χ3v) is 4.35. The zero-order chi connectivity index (χ0) is 15.4. The molecule has 0 saturated heterocycles. The monoisotopic (exact) mass is 305 g/mol. The third kappa shape index (κ3) is 2.90. The van der Waals surface area contributed by atoms with Gasteiger partial charge in [0.05, 0.1) is 17.3 Å². The average Bonchev–Trinajstić information content (AvgIpc) is 3.05. The van der Waals surface area contributed by atoms with Gasteiger partial charge >= 0.3 is 0 Å². The first-order valence-corrected chi connectivity index (χ1v) is 8.09. The fourth-order valence-electron chi connectivity index (χ4n) is 2.35. The molecule has 0 atom stereocenters. The second kappa shape index (κ2) is 6.50. The predicted octanol–water partition coefficient (Wildman–Crippen LogP) is 4.70. The largest absolute Gasteiger partial charge is 0.264 e. The number of rotatable bonds is 4. The lowest BCUT2D eigenvalue weighted by Gasteiger charge is -2.04. The standard InChI is InChI=1S/C18H15N3S/c1-2-3-14-8-9-20-11-16(14)18-21-17(12-22-18)15-6-4-13(10-19)5-7-15/h4-9,11-12H,2-3H2,1H3. The van der Waals surface area contributed by atoms with Crippen molar-refractivity contribution in [2.45, 2.75) is 19.8 Å². The van der Waals surface area contributed by atoms with E-state index in [-0.39, 0.29) is 0 Å².